The predicted octanol–water partition coefficient (Wildman–Crippen LogP) is 4.61. The molecule has 170 valence electrons. The Morgan fingerprint density at radius 3 is 2.00 bits per heavy atom. The van der Waals surface area contributed by atoms with Crippen LogP contribution in [-0.2, 0) is 4.74 Å². The number of carbonyl (C=O) groups is 1. The molecule has 0 radical (unpaired) electrons. The van der Waals surface area contributed by atoms with E-state index >= 15 is 0 Å². The molecular weight excluding hydrogens is 400 g/mol. The Hall–Kier alpha value is -2.37. The van der Waals surface area contributed by atoms with Crippen molar-refractivity contribution in [1.29, 1.82) is 0 Å². The Morgan fingerprint density at radius 2 is 1.38 bits per heavy atom. The van der Waals surface area contributed by atoms with E-state index in [4.69, 9.17) is 9.47 Å². The molecule has 0 N–H and O–H groups in total. The van der Waals surface area contributed by atoms with Crippen LogP contribution in [-0.4, -0.2) is 67.2 Å². The number of hydrogen-bond acceptors (Lipinski definition) is 4. The van der Waals surface area contributed by atoms with Gasteiger partial charge >= 0.3 is 0 Å². The summed E-state index contributed by atoms with van der Waals surface area (Å²) < 4.78 is 11.6. The number of piperidine rings is 1. The van der Waals surface area contributed by atoms with Crippen LogP contribution in [0.1, 0.15) is 48.9 Å². The summed E-state index contributed by atoms with van der Waals surface area (Å²) in [6, 6.07) is 17.1. The van der Waals surface area contributed by atoms with Crippen molar-refractivity contribution in [2.24, 2.45) is 0 Å². The second-order valence-electron chi connectivity index (χ2n) is 9.30. The zero-order valence-electron chi connectivity index (χ0n) is 18.9. The van der Waals surface area contributed by atoms with Gasteiger partial charge < -0.3 is 19.3 Å². The van der Waals surface area contributed by atoms with Crippen molar-refractivity contribution in [1.82, 2.24) is 9.80 Å². The molecule has 0 bridgehead atoms. The average Bonchev–Trinajstić information content (AvgIpc) is 3.40. The fraction of sp³-hybridized carbons (Fsp3) is 0.519. The van der Waals surface area contributed by atoms with Gasteiger partial charge in [0.1, 0.15) is 11.9 Å². The van der Waals surface area contributed by atoms with Crippen LogP contribution in [0.15, 0.2) is 48.5 Å². The predicted molar refractivity (Wildman–Crippen MR) is 126 cm³/mol. The quantitative estimate of drug-likeness (QED) is 0.689. The molecule has 1 saturated carbocycles. The highest BCUT2D eigenvalue weighted by molar-refractivity contribution is 5.94. The largest absolute Gasteiger partial charge is 0.490 e. The van der Waals surface area contributed by atoms with Crippen molar-refractivity contribution in [3.63, 3.8) is 0 Å². The van der Waals surface area contributed by atoms with E-state index in [0.29, 0.717) is 32.4 Å². The second kappa shape index (κ2) is 10.1. The maximum atomic E-state index is 12.6. The molecule has 2 saturated heterocycles. The third-order valence-electron chi connectivity index (χ3n) is 7.24. The number of benzene rings is 2. The van der Waals surface area contributed by atoms with Crippen molar-refractivity contribution >= 4 is 5.91 Å². The molecule has 0 spiro atoms. The van der Waals surface area contributed by atoms with Gasteiger partial charge in [0.15, 0.2) is 0 Å². The summed E-state index contributed by atoms with van der Waals surface area (Å²) in [5, 5.41) is 0. The summed E-state index contributed by atoms with van der Waals surface area (Å²) in [6.45, 7) is 4.92. The van der Waals surface area contributed by atoms with Crippen LogP contribution in [0, 0.1) is 0 Å². The number of likely N-dealkylation sites (tertiary alicyclic amines) is 1. The molecule has 2 aliphatic heterocycles. The third kappa shape index (κ3) is 5.00. The first kappa shape index (κ1) is 21.5. The Morgan fingerprint density at radius 1 is 0.781 bits per heavy atom. The maximum Gasteiger partial charge on any atom is 0.254 e. The molecule has 0 atom stereocenters. The highest BCUT2D eigenvalue weighted by Gasteiger charge is 2.27. The number of morpholine rings is 1. The summed E-state index contributed by atoms with van der Waals surface area (Å²) in [6.07, 6.45) is 8.14. The summed E-state index contributed by atoms with van der Waals surface area (Å²) >= 11 is 0. The van der Waals surface area contributed by atoms with E-state index in [2.05, 4.69) is 29.2 Å². The minimum absolute atomic E-state index is 0.0857. The molecule has 3 fully saturated rings. The fourth-order valence-corrected chi connectivity index (χ4v) is 5.30. The Balaban J connectivity index is 1.15. The molecule has 2 heterocycles. The van der Waals surface area contributed by atoms with E-state index in [0.717, 1.165) is 41.3 Å². The first-order valence-electron chi connectivity index (χ1n) is 12.2. The lowest BCUT2D eigenvalue weighted by molar-refractivity contribution is 0.0303. The normalized spacial score (nSPS) is 21.1. The van der Waals surface area contributed by atoms with Gasteiger partial charge in [0.25, 0.3) is 5.91 Å². The molecule has 5 nitrogen and oxygen atoms in total. The van der Waals surface area contributed by atoms with Gasteiger partial charge in [-0.05, 0) is 61.1 Å². The van der Waals surface area contributed by atoms with Crippen molar-refractivity contribution in [3.05, 3.63) is 54.1 Å². The molecule has 0 aromatic heterocycles. The van der Waals surface area contributed by atoms with Crippen LogP contribution in [0.25, 0.3) is 11.1 Å². The smallest absolute Gasteiger partial charge is 0.254 e. The van der Waals surface area contributed by atoms with E-state index in [1.807, 2.05) is 29.2 Å². The minimum atomic E-state index is 0.0857. The number of rotatable bonds is 5. The molecule has 0 unspecified atom stereocenters. The molecular formula is C27H34N2O3. The van der Waals surface area contributed by atoms with Crippen LogP contribution in [0.3, 0.4) is 0 Å². The lowest BCUT2D eigenvalue weighted by Gasteiger charge is -2.36. The molecule has 1 amide bonds. The molecule has 5 rings (SSSR count). The number of ether oxygens (including phenoxy) is 2. The van der Waals surface area contributed by atoms with Crippen LogP contribution in [0.2, 0.25) is 0 Å². The molecule has 5 heteroatoms. The first-order valence-corrected chi connectivity index (χ1v) is 12.2. The lowest BCUT2D eigenvalue weighted by Crippen LogP contribution is -2.43. The molecule has 2 aromatic carbocycles. The van der Waals surface area contributed by atoms with Crippen LogP contribution < -0.4 is 4.74 Å². The Bertz CT molecular complexity index is 876. The van der Waals surface area contributed by atoms with Crippen molar-refractivity contribution in [2.75, 3.05) is 39.4 Å². The van der Waals surface area contributed by atoms with Crippen LogP contribution in [0.5, 0.6) is 5.75 Å². The second-order valence-corrected chi connectivity index (χ2v) is 9.30. The van der Waals surface area contributed by atoms with Gasteiger partial charge in [0.2, 0.25) is 0 Å². The van der Waals surface area contributed by atoms with Gasteiger partial charge in [-0.1, -0.05) is 37.1 Å². The van der Waals surface area contributed by atoms with E-state index in [1.54, 1.807) is 0 Å². The average molecular weight is 435 g/mol. The fourth-order valence-electron chi connectivity index (χ4n) is 5.30. The van der Waals surface area contributed by atoms with Gasteiger partial charge in [-0.2, -0.15) is 0 Å². The topological polar surface area (TPSA) is 42.0 Å². The third-order valence-corrected chi connectivity index (χ3v) is 7.24. The van der Waals surface area contributed by atoms with Crippen molar-refractivity contribution in [3.8, 4) is 16.9 Å². The number of carbonyl (C=O) groups excluding carboxylic acids is 1. The number of nitrogens with zero attached hydrogens (tertiary/aromatic N) is 2. The van der Waals surface area contributed by atoms with Gasteiger partial charge in [0, 0.05) is 37.8 Å². The van der Waals surface area contributed by atoms with Gasteiger partial charge in [-0.15, -0.1) is 0 Å². The van der Waals surface area contributed by atoms with E-state index in [9.17, 15) is 4.79 Å². The highest BCUT2D eigenvalue weighted by Crippen LogP contribution is 2.28. The van der Waals surface area contributed by atoms with Crippen LogP contribution >= 0.6 is 0 Å². The van der Waals surface area contributed by atoms with Crippen molar-refractivity contribution in [2.45, 2.75) is 50.7 Å². The van der Waals surface area contributed by atoms with Gasteiger partial charge in [0.05, 0.1) is 13.2 Å². The zero-order valence-corrected chi connectivity index (χ0v) is 18.9. The summed E-state index contributed by atoms with van der Waals surface area (Å²) in [5.41, 5.74) is 2.98. The molecule has 32 heavy (non-hydrogen) atoms. The molecule has 2 aromatic rings. The van der Waals surface area contributed by atoms with Gasteiger partial charge in [-0.3, -0.25) is 4.79 Å². The summed E-state index contributed by atoms with van der Waals surface area (Å²) in [7, 11) is 0. The minimum Gasteiger partial charge on any atom is -0.490 e. The number of amides is 1. The van der Waals surface area contributed by atoms with E-state index < -0.39 is 0 Å². The summed E-state index contributed by atoms with van der Waals surface area (Å²) in [5.74, 6) is 1.04. The maximum absolute atomic E-state index is 12.6. The zero-order chi connectivity index (χ0) is 21.8. The molecule has 3 aliphatic rings. The van der Waals surface area contributed by atoms with E-state index in [-0.39, 0.29) is 5.91 Å². The monoisotopic (exact) mass is 434 g/mol. The summed E-state index contributed by atoms with van der Waals surface area (Å²) in [4.78, 5) is 17.2. The highest BCUT2D eigenvalue weighted by atomic mass is 16.5. The first-order chi connectivity index (χ1) is 15.8. The lowest BCUT2D eigenvalue weighted by atomic mass is 10.0. The molecule has 1 aliphatic carbocycles. The Labute approximate surface area is 191 Å². The van der Waals surface area contributed by atoms with E-state index in [1.165, 1.54) is 38.8 Å². The SMILES string of the molecule is O=C(c1ccc(-c2ccc(OC3CCN(C4CCCC4)CC3)cc2)cc1)N1CCOCC1. The van der Waals surface area contributed by atoms with Gasteiger partial charge in [-0.25, -0.2) is 0 Å². The Kier molecular flexibility index (Phi) is 6.75. The van der Waals surface area contributed by atoms with Crippen molar-refractivity contribution < 1.29 is 14.3 Å². The standard InChI is InChI=1S/C27H34N2O3/c30-27(29-17-19-31-20-18-29)23-7-5-21(6-8-23)22-9-11-25(12-10-22)32-26-13-15-28(16-14-26)24-3-1-2-4-24/h5-12,24,26H,1-4,13-20H2. The number of hydrogen-bond donors (Lipinski definition) is 0. The van der Waals surface area contributed by atoms with Crippen LogP contribution in [0.4, 0.5) is 0 Å².